The topological polar surface area (TPSA) is 86.7 Å². The van der Waals surface area contributed by atoms with Crippen molar-refractivity contribution in [2.24, 2.45) is 5.92 Å². The Labute approximate surface area is 189 Å². The molecule has 4 rings (SSSR count). The number of benzene rings is 2. The van der Waals surface area contributed by atoms with Gasteiger partial charge in [-0.2, -0.15) is 0 Å². The molecule has 2 aromatic rings. The Morgan fingerprint density at radius 3 is 2.48 bits per heavy atom. The fourth-order valence-corrected chi connectivity index (χ4v) is 5.25. The Morgan fingerprint density at radius 2 is 1.84 bits per heavy atom. The van der Waals surface area contributed by atoms with E-state index in [0.717, 1.165) is 36.9 Å². The van der Waals surface area contributed by atoms with E-state index >= 15 is 0 Å². The van der Waals surface area contributed by atoms with Crippen molar-refractivity contribution in [2.75, 3.05) is 13.1 Å². The average molecular weight is 485 g/mol. The van der Waals surface area contributed by atoms with E-state index in [0.29, 0.717) is 12.0 Å². The van der Waals surface area contributed by atoms with E-state index in [1.54, 1.807) is 12.1 Å². The fourth-order valence-electron chi connectivity index (χ4n) is 4.99. The van der Waals surface area contributed by atoms with Crippen LogP contribution in [-0.4, -0.2) is 40.9 Å². The number of hydrogen-bond donors (Lipinski definition) is 2. The van der Waals surface area contributed by atoms with E-state index in [1.165, 1.54) is 11.6 Å². The maximum absolute atomic E-state index is 13.2. The van der Waals surface area contributed by atoms with Crippen LogP contribution < -0.4 is 5.32 Å². The normalized spacial score (nSPS) is 22.9. The van der Waals surface area contributed by atoms with E-state index in [2.05, 4.69) is 38.3 Å². The number of rotatable bonds is 5. The van der Waals surface area contributed by atoms with Crippen LogP contribution in [0.15, 0.2) is 53.0 Å². The van der Waals surface area contributed by atoms with Gasteiger partial charge in [0.1, 0.15) is 0 Å². The van der Waals surface area contributed by atoms with Gasteiger partial charge in [-0.3, -0.25) is 19.8 Å². The zero-order chi connectivity index (χ0) is 22.0. The third kappa shape index (κ3) is 4.43. The third-order valence-corrected chi connectivity index (χ3v) is 7.16. The highest BCUT2D eigenvalue weighted by atomic mass is 79.9. The molecule has 31 heavy (non-hydrogen) atoms. The lowest BCUT2D eigenvalue weighted by molar-refractivity contribution is -0.140. The second-order valence-corrected chi connectivity index (χ2v) is 9.33. The summed E-state index contributed by atoms with van der Waals surface area (Å²) < 4.78 is 1.05. The molecule has 2 aromatic carbocycles. The Morgan fingerprint density at radius 1 is 1.13 bits per heavy atom. The first-order valence-corrected chi connectivity index (χ1v) is 11.3. The van der Waals surface area contributed by atoms with Crippen LogP contribution in [0, 0.1) is 5.92 Å². The van der Waals surface area contributed by atoms with Crippen molar-refractivity contribution in [3.05, 3.63) is 69.7 Å². The molecule has 2 saturated heterocycles. The van der Waals surface area contributed by atoms with Gasteiger partial charge in [0.15, 0.2) is 0 Å². The number of nitrogens with one attached hydrogen (secondary N) is 1. The summed E-state index contributed by atoms with van der Waals surface area (Å²) in [6, 6.07) is 14.9. The number of hydrogen-bond acceptors (Lipinski definition) is 4. The van der Waals surface area contributed by atoms with Gasteiger partial charge in [0.05, 0.1) is 11.0 Å². The summed E-state index contributed by atoms with van der Waals surface area (Å²) in [5.41, 5.74) is 1.23. The van der Waals surface area contributed by atoms with Crippen LogP contribution in [0.25, 0.3) is 0 Å². The van der Waals surface area contributed by atoms with Crippen molar-refractivity contribution in [1.29, 1.82) is 0 Å². The van der Waals surface area contributed by atoms with Crippen molar-refractivity contribution in [1.82, 2.24) is 10.2 Å². The first kappa shape index (κ1) is 21.7. The number of carbonyl (C=O) groups is 3. The van der Waals surface area contributed by atoms with Crippen LogP contribution in [0.1, 0.15) is 47.2 Å². The summed E-state index contributed by atoms with van der Waals surface area (Å²) in [6.45, 7) is 2.55. The van der Waals surface area contributed by atoms with Gasteiger partial charge in [-0.1, -0.05) is 40.2 Å². The van der Waals surface area contributed by atoms with Crippen LogP contribution in [0.4, 0.5) is 0 Å². The summed E-state index contributed by atoms with van der Waals surface area (Å²) >= 11 is 3.46. The lowest BCUT2D eigenvalue weighted by Gasteiger charge is -2.45. The molecule has 6 nitrogen and oxygen atoms in total. The summed E-state index contributed by atoms with van der Waals surface area (Å²) in [4.78, 5) is 39.0. The number of amides is 2. The molecular weight excluding hydrogens is 460 g/mol. The summed E-state index contributed by atoms with van der Waals surface area (Å²) in [5.74, 6) is -1.53. The average Bonchev–Trinajstić information content (AvgIpc) is 2.76. The second kappa shape index (κ2) is 8.93. The van der Waals surface area contributed by atoms with Crippen LogP contribution in [0.3, 0.4) is 0 Å². The van der Waals surface area contributed by atoms with Crippen LogP contribution in [0.2, 0.25) is 0 Å². The van der Waals surface area contributed by atoms with Crippen LogP contribution in [0.5, 0.6) is 0 Å². The van der Waals surface area contributed by atoms with Crippen molar-refractivity contribution in [2.45, 2.75) is 37.6 Å². The van der Waals surface area contributed by atoms with E-state index in [9.17, 15) is 19.5 Å². The third-order valence-electron chi connectivity index (χ3n) is 6.63. The highest BCUT2D eigenvalue weighted by Gasteiger charge is 2.50. The Balaban J connectivity index is 1.57. The molecule has 0 saturated carbocycles. The maximum Gasteiger partial charge on any atom is 0.335 e. The van der Waals surface area contributed by atoms with Gasteiger partial charge >= 0.3 is 5.97 Å². The Kier molecular flexibility index (Phi) is 6.25. The predicted molar refractivity (Wildman–Crippen MR) is 120 cm³/mol. The zero-order valence-electron chi connectivity index (χ0n) is 17.1. The molecule has 0 radical (unpaired) electrons. The lowest BCUT2D eigenvalue weighted by atomic mass is 9.62. The smallest absolute Gasteiger partial charge is 0.335 e. The quantitative estimate of drug-likeness (QED) is 0.631. The molecule has 0 aliphatic carbocycles. The largest absolute Gasteiger partial charge is 0.478 e. The van der Waals surface area contributed by atoms with Crippen molar-refractivity contribution in [3.8, 4) is 0 Å². The first-order valence-electron chi connectivity index (χ1n) is 10.5. The zero-order valence-corrected chi connectivity index (χ0v) is 18.7. The molecule has 2 aliphatic rings. The minimum Gasteiger partial charge on any atom is -0.478 e. The number of carbonyl (C=O) groups excluding carboxylic acids is 2. The predicted octanol–water partition coefficient (Wildman–Crippen LogP) is 3.73. The molecule has 2 fully saturated rings. The molecule has 162 valence electrons. The highest BCUT2D eigenvalue weighted by Crippen LogP contribution is 2.44. The summed E-state index contributed by atoms with van der Waals surface area (Å²) in [7, 11) is 0. The number of halogens is 1. The summed E-state index contributed by atoms with van der Waals surface area (Å²) in [6.07, 6.45) is 2.31. The van der Waals surface area contributed by atoms with E-state index in [4.69, 9.17) is 0 Å². The monoisotopic (exact) mass is 484 g/mol. The standard InChI is InChI=1S/C24H25BrN2O4/c25-20-6-4-16(5-7-20)15-27-12-9-18(10-13-27)24(11-8-21(28)26-23(24)31)19-3-1-2-17(14-19)22(29)30/h1-7,14,18H,8-13,15H2,(H,29,30)(H,26,28,31)/t24-/m0/s1. The number of aromatic carboxylic acids is 1. The first-order chi connectivity index (χ1) is 14.9. The van der Waals surface area contributed by atoms with E-state index in [1.807, 2.05) is 18.2 Å². The van der Waals surface area contributed by atoms with Gasteiger partial charge in [-0.25, -0.2) is 4.79 Å². The Bertz CT molecular complexity index is 999. The minimum atomic E-state index is -1.02. The summed E-state index contributed by atoms with van der Waals surface area (Å²) in [5, 5.41) is 12.0. The van der Waals surface area contributed by atoms with E-state index < -0.39 is 11.4 Å². The van der Waals surface area contributed by atoms with Crippen molar-refractivity contribution in [3.63, 3.8) is 0 Å². The molecule has 2 amide bonds. The number of carboxylic acids is 1. The molecule has 7 heteroatoms. The highest BCUT2D eigenvalue weighted by molar-refractivity contribution is 9.10. The van der Waals surface area contributed by atoms with Gasteiger partial charge in [0, 0.05) is 17.4 Å². The second-order valence-electron chi connectivity index (χ2n) is 8.41. The molecule has 2 aliphatic heterocycles. The molecule has 2 heterocycles. The molecule has 0 aromatic heterocycles. The maximum atomic E-state index is 13.2. The van der Waals surface area contributed by atoms with Crippen LogP contribution >= 0.6 is 15.9 Å². The number of nitrogens with zero attached hydrogens (tertiary/aromatic N) is 1. The van der Waals surface area contributed by atoms with E-state index in [-0.39, 0.29) is 29.7 Å². The molecule has 1 atom stereocenters. The number of carboxylic acid groups (broad SMARTS) is 1. The number of imide groups is 1. The van der Waals surface area contributed by atoms with Gasteiger partial charge < -0.3 is 5.11 Å². The number of piperidine rings is 2. The van der Waals surface area contributed by atoms with Crippen LogP contribution in [-0.2, 0) is 21.5 Å². The fraction of sp³-hybridized carbons (Fsp3) is 0.375. The van der Waals surface area contributed by atoms with Gasteiger partial charge in [0.25, 0.3) is 0 Å². The van der Waals surface area contributed by atoms with Crippen molar-refractivity contribution >= 4 is 33.7 Å². The van der Waals surface area contributed by atoms with Gasteiger partial charge in [-0.05, 0) is 73.7 Å². The van der Waals surface area contributed by atoms with Gasteiger partial charge in [-0.15, -0.1) is 0 Å². The SMILES string of the molecule is O=C1CC[C@@](c2cccc(C(=O)O)c2)(C2CCN(Cc3ccc(Br)cc3)CC2)C(=O)N1. The number of likely N-dealkylation sites (tertiary alicyclic amines) is 1. The minimum absolute atomic E-state index is 0.0470. The molecule has 2 N–H and O–H groups in total. The van der Waals surface area contributed by atoms with Crippen molar-refractivity contribution < 1.29 is 19.5 Å². The molecule has 0 unspecified atom stereocenters. The molecular formula is C24H25BrN2O4. The lowest BCUT2D eigenvalue weighted by Crippen LogP contribution is -2.57. The Hall–Kier alpha value is -2.51. The molecule has 0 spiro atoms. The van der Waals surface area contributed by atoms with Gasteiger partial charge in [0.2, 0.25) is 11.8 Å². The molecule has 0 bridgehead atoms.